The van der Waals surface area contributed by atoms with Gasteiger partial charge in [0.15, 0.2) is 5.78 Å². The van der Waals surface area contributed by atoms with Gasteiger partial charge in [-0.2, -0.15) is 0 Å². The Bertz CT molecular complexity index is 272. The average molecular weight is 194 g/mol. The monoisotopic (exact) mass is 194 g/mol. The van der Waals surface area contributed by atoms with Crippen LogP contribution in [0.1, 0.15) is 13.8 Å². The lowest BCUT2D eigenvalue weighted by Gasteiger charge is -1.92. The van der Waals surface area contributed by atoms with E-state index in [0.29, 0.717) is 6.61 Å². The Labute approximate surface area is 83.8 Å². The number of esters is 1. The van der Waals surface area contributed by atoms with Gasteiger partial charge in [-0.1, -0.05) is 24.3 Å². The molecule has 76 valence electrons. The summed E-state index contributed by atoms with van der Waals surface area (Å²) < 4.78 is 4.65. The Balaban J connectivity index is 3.81. The van der Waals surface area contributed by atoms with Crippen molar-refractivity contribution in [1.29, 1.82) is 0 Å². The highest BCUT2D eigenvalue weighted by atomic mass is 16.5. The average Bonchev–Trinajstić information content (AvgIpc) is 2.11. The molecule has 0 fully saturated rings. The van der Waals surface area contributed by atoms with Crippen molar-refractivity contribution >= 4 is 11.8 Å². The third-order valence-electron chi connectivity index (χ3n) is 1.18. The molecular formula is C11H14O3. The fraction of sp³-hybridized carbons (Fsp3) is 0.273. The molecule has 0 saturated heterocycles. The van der Waals surface area contributed by atoms with Crippen molar-refractivity contribution in [3.05, 3.63) is 36.5 Å². The van der Waals surface area contributed by atoms with Crippen molar-refractivity contribution in [3.8, 4) is 0 Å². The minimum Gasteiger partial charge on any atom is -0.463 e. The highest BCUT2D eigenvalue weighted by molar-refractivity contribution is 5.87. The highest BCUT2D eigenvalue weighted by Gasteiger charge is 1.89. The molecule has 0 unspecified atom stereocenters. The fourth-order valence-electron chi connectivity index (χ4n) is 0.644. The maximum Gasteiger partial charge on any atom is 0.330 e. The summed E-state index contributed by atoms with van der Waals surface area (Å²) in [5.41, 5.74) is 0. The summed E-state index contributed by atoms with van der Waals surface area (Å²) in [6.45, 7) is 3.59. The summed E-state index contributed by atoms with van der Waals surface area (Å²) in [7, 11) is 0. The second-order valence-electron chi connectivity index (χ2n) is 2.47. The molecule has 3 heteroatoms. The van der Waals surface area contributed by atoms with Crippen molar-refractivity contribution in [2.75, 3.05) is 6.61 Å². The number of rotatable bonds is 5. The van der Waals surface area contributed by atoms with Crippen molar-refractivity contribution in [3.63, 3.8) is 0 Å². The first-order valence-electron chi connectivity index (χ1n) is 4.35. The Morgan fingerprint density at radius 1 is 1.07 bits per heavy atom. The molecule has 0 rings (SSSR count). The Kier molecular flexibility index (Phi) is 7.05. The normalized spacial score (nSPS) is 11.6. The maximum atomic E-state index is 10.8. The third-order valence-corrected chi connectivity index (χ3v) is 1.18. The van der Waals surface area contributed by atoms with Gasteiger partial charge in [-0.05, 0) is 19.9 Å². The van der Waals surface area contributed by atoms with Crippen molar-refractivity contribution in [2.45, 2.75) is 13.8 Å². The number of hydrogen-bond donors (Lipinski definition) is 0. The summed E-state index contributed by atoms with van der Waals surface area (Å²) in [6.07, 6.45) is 9.24. The number of allylic oxidation sites excluding steroid dienone is 5. The molecule has 0 radical (unpaired) electrons. The van der Waals surface area contributed by atoms with Crippen molar-refractivity contribution in [2.24, 2.45) is 0 Å². The van der Waals surface area contributed by atoms with Crippen LogP contribution in [-0.4, -0.2) is 18.4 Å². The molecule has 0 bridgehead atoms. The molecule has 14 heavy (non-hydrogen) atoms. The quantitative estimate of drug-likeness (QED) is 0.381. The lowest BCUT2D eigenvalue weighted by Crippen LogP contribution is -1.98. The molecule has 0 spiro atoms. The first-order chi connectivity index (χ1) is 6.66. The van der Waals surface area contributed by atoms with Crippen molar-refractivity contribution in [1.82, 2.24) is 0 Å². The Morgan fingerprint density at radius 3 is 2.14 bits per heavy atom. The van der Waals surface area contributed by atoms with Crippen LogP contribution >= 0.6 is 0 Å². The van der Waals surface area contributed by atoms with Crippen LogP contribution in [-0.2, 0) is 14.3 Å². The van der Waals surface area contributed by atoms with Gasteiger partial charge in [-0.3, -0.25) is 4.79 Å². The van der Waals surface area contributed by atoms with Crippen LogP contribution in [0.25, 0.3) is 0 Å². The largest absolute Gasteiger partial charge is 0.463 e. The minimum atomic E-state index is -0.368. The maximum absolute atomic E-state index is 10.8. The zero-order valence-corrected chi connectivity index (χ0v) is 8.40. The number of carbonyl (C=O) groups excluding carboxylic acids is 2. The lowest BCUT2D eigenvalue weighted by atomic mass is 10.3. The molecular weight excluding hydrogens is 180 g/mol. The van der Waals surface area contributed by atoms with E-state index in [-0.39, 0.29) is 11.8 Å². The van der Waals surface area contributed by atoms with E-state index in [0.717, 1.165) is 0 Å². The van der Waals surface area contributed by atoms with E-state index in [1.54, 1.807) is 31.2 Å². The Hall–Kier alpha value is -1.64. The van der Waals surface area contributed by atoms with E-state index in [1.807, 2.05) is 0 Å². The summed E-state index contributed by atoms with van der Waals surface area (Å²) in [6, 6.07) is 0. The number of hydrogen-bond acceptors (Lipinski definition) is 3. The molecule has 0 atom stereocenters. The zero-order valence-electron chi connectivity index (χ0n) is 8.40. The Morgan fingerprint density at radius 2 is 1.64 bits per heavy atom. The summed E-state index contributed by atoms with van der Waals surface area (Å²) in [5, 5.41) is 0. The lowest BCUT2D eigenvalue weighted by molar-refractivity contribution is -0.137. The molecule has 0 aromatic heterocycles. The van der Waals surface area contributed by atoms with E-state index >= 15 is 0 Å². The first-order valence-corrected chi connectivity index (χ1v) is 4.35. The van der Waals surface area contributed by atoms with E-state index < -0.39 is 0 Å². The van der Waals surface area contributed by atoms with Gasteiger partial charge in [0, 0.05) is 6.08 Å². The van der Waals surface area contributed by atoms with Crippen LogP contribution in [0.15, 0.2) is 36.5 Å². The first kappa shape index (κ1) is 12.4. The van der Waals surface area contributed by atoms with Gasteiger partial charge < -0.3 is 4.74 Å². The van der Waals surface area contributed by atoms with Gasteiger partial charge in [0.1, 0.15) is 0 Å². The van der Waals surface area contributed by atoms with Gasteiger partial charge >= 0.3 is 5.97 Å². The van der Waals surface area contributed by atoms with E-state index in [2.05, 4.69) is 4.74 Å². The molecule has 0 amide bonds. The molecule has 0 aromatic rings. The molecule has 0 aliphatic heterocycles. The molecule has 3 nitrogen and oxygen atoms in total. The summed E-state index contributed by atoms with van der Waals surface area (Å²) >= 11 is 0. The van der Waals surface area contributed by atoms with Gasteiger partial charge in [-0.25, -0.2) is 4.79 Å². The summed E-state index contributed by atoms with van der Waals surface area (Å²) in [5.74, 6) is -0.378. The molecule has 0 aromatic carbocycles. The smallest absolute Gasteiger partial charge is 0.330 e. The van der Waals surface area contributed by atoms with Gasteiger partial charge in [0.25, 0.3) is 0 Å². The van der Waals surface area contributed by atoms with Crippen molar-refractivity contribution < 1.29 is 14.3 Å². The van der Waals surface area contributed by atoms with E-state index in [4.69, 9.17) is 0 Å². The second kappa shape index (κ2) is 7.98. The predicted octanol–water partition coefficient (Wildman–Crippen LogP) is 1.81. The van der Waals surface area contributed by atoms with Gasteiger partial charge in [0.05, 0.1) is 6.61 Å². The van der Waals surface area contributed by atoms with Crippen LogP contribution in [0, 0.1) is 0 Å². The van der Waals surface area contributed by atoms with E-state index in [9.17, 15) is 9.59 Å². The minimum absolute atomic E-state index is 0.0102. The highest BCUT2D eigenvalue weighted by Crippen LogP contribution is 1.84. The molecule has 0 N–H and O–H groups in total. The molecule has 0 aliphatic carbocycles. The topological polar surface area (TPSA) is 43.4 Å². The SMILES string of the molecule is CCOC(=O)C=CC=CC=CC(C)=O. The fourth-order valence-corrected chi connectivity index (χ4v) is 0.644. The van der Waals surface area contributed by atoms with Crippen LogP contribution < -0.4 is 0 Å². The predicted molar refractivity (Wildman–Crippen MR) is 54.7 cm³/mol. The number of carbonyl (C=O) groups is 2. The number of ether oxygens (including phenoxy) is 1. The summed E-state index contributed by atoms with van der Waals surface area (Å²) in [4.78, 5) is 21.2. The van der Waals surface area contributed by atoms with Crippen LogP contribution in [0.3, 0.4) is 0 Å². The van der Waals surface area contributed by atoms with Gasteiger partial charge in [-0.15, -0.1) is 0 Å². The molecule has 0 saturated carbocycles. The standard InChI is InChI=1S/C11H14O3/c1-3-14-11(13)9-7-5-4-6-8-10(2)12/h4-9H,3H2,1-2H3. The van der Waals surface area contributed by atoms with Gasteiger partial charge in [0.2, 0.25) is 0 Å². The van der Waals surface area contributed by atoms with Crippen LogP contribution in [0.2, 0.25) is 0 Å². The second-order valence-corrected chi connectivity index (χ2v) is 2.47. The third kappa shape index (κ3) is 8.46. The van der Waals surface area contributed by atoms with Crippen LogP contribution in [0.4, 0.5) is 0 Å². The zero-order chi connectivity index (χ0) is 10.8. The molecule has 0 heterocycles. The molecule has 0 aliphatic rings. The number of ketones is 1. The van der Waals surface area contributed by atoms with Crippen LogP contribution in [0.5, 0.6) is 0 Å². The van der Waals surface area contributed by atoms with E-state index in [1.165, 1.54) is 19.1 Å².